The van der Waals surface area contributed by atoms with Gasteiger partial charge in [0.15, 0.2) is 11.5 Å². The van der Waals surface area contributed by atoms with E-state index in [4.69, 9.17) is 9.47 Å². The number of ether oxygens (including phenoxy) is 2. The number of hydrogen-bond donors (Lipinski definition) is 2. The van der Waals surface area contributed by atoms with Gasteiger partial charge in [-0.3, -0.25) is 25.1 Å². The minimum absolute atomic E-state index is 0.0336. The molecule has 2 aromatic rings. The first kappa shape index (κ1) is 17.5. The number of hydrazine groups is 1. The number of benzene rings is 1. The average Bonchev–Trinajstić information content (AvgIpc) is 2.95. The van der Waals surface area contributed by atoms with Crippen molar-refractivity contribution in [2.45, 2.75) is 20.4 Å². The molecule has 2 amide bonds. The second kappa shape index (κ2) is 7.73. The van der Waals surface area contributed by atoms with Crippen LogP contribution >= 0.6 is 0 Å². The molecule has 1 aromatic carbocycles. The molecular formula is C18H20N4O4. The molecule has 0 saturated carbocycles. The molecule has 1 aliphatic rings. The summed E-state index contributed by atoms with van der Waals surface area (Å²) < 4.78 is 12.5. The Kier molecular flexibility index (Phi) is 5.21. The summed E-state index contributed by atoms with van der Waals surface area (Å²) in [5, 5.41) is 4.20. The molecule has 0 radical (unpaired) electrons. The number of fused-ring (bicyclic) bond motifs is 1. The number of carbonyl (C=O) groups is 2. The highest BCUT2D eigenvalue weighted by Crippen LogP contribution is 2.30. The van der Waals surface area contributed by atoms with E-state index in [1.807, 2.05) is 26.0 Å². The summed E-state index contributed by atoms with van der Waals surface area (Å²) >= 11 is 0. The zero-order valence-electron chi connectivity index (χ0n) is 14.6. The average molecular weight is 356 g/mol. The van der Waals surface area contributed by atoms with Crippen molar-refractivity contribution in [3.8, 4) is 11.5 Å². The van der Waals surface area contributed by atoms with Gasteiger partial charge in [-0.1, -0.05) is 6.07 Å². The minimum atomic E-state index is -0.443. The second-order valence-corrected chi connectivity index (χ2v) is 5.86. The molecule has 2 heterocycles. The summed E-state index contributed by atoms with van der Waals surface area (Å²) in [6.07, 6.45) is 2.95. The van der Waals surface area contributed by atoms with Crippen molar-refractivity contribution in [1.82, 2.24) is 20.6 Å². The van der Waals surface area contributed by atoms with E-state index in [1.54, 1.807) is 22.9 Å². The summed E-state index contributed by atoms with van der Waals surface area (Å²) in [4.78, 5) is 23.7. The van der Waals surface area contributed by atoms with E-state index in [2.05, 4.69) is 16.0 Å². The standard InChI is InChI=1S/C18H20N4O4/c1-12-9-13(2)22(21-12)11-18(24)20-19-17(23)6-4-14-3-5-15-16(10-14)26-8-7-25-15/h3-6,9-10H,7-8,11H2,1-2H3,(H,19,23)(H,20,24)/b6-4+. The third-order valence-corrected chi connectivity index (χ3v) is 3.72. The topological polar surface area (TPSA) is 94.5 Å². The van der Waals surface area contributed by atoms with Gasteiger partial charge in [-0.25, -0.2) is 0 Å². The summed E-state index contributed by atoms with van der Waals surface area (Å²) in [6.45, 7) is 4.78. The van der Waals surface area contributed by atoms with Crippen molar-refractivity contribution in [3.05, 3.63) is 47.3 Å². The van der Waals surface area contributed by atoms with Gasteiger partial charge >= 0.3 is 0 Å². The number of hydrogen-bond acceptors (Lipinski definition) is 5. The molecule has 0 unspecified atom stereocenters. The van der Waals surface area contributed by atoms with Crippen LogP contribution in [0, 0.1) is 13.8 Å². The molecule has 0 atom stereocenters. The molecular weight excluding hydrogens is 336 g/mol. The number of aryl methyl sites for hydroxylation is 2. The molecule has 1 aromatic heterocycles. The molecule has 0 bridgehead atoms. The van der Waals surface area contributed by atoms with Gasteiger partial charge in [0.25, 0.3) is 11.8 Å². The van der Waals surface area contributed by atoms with Gasteiger partial charge < -0.3 is 9.47 Å². The first-order valence-electron chi connectivity index (χ1n) is 8.19. The normalized spacial score (nSPS) is 12.8. The van der Waals surface area contributed by atoms with E-state index in [0.717, 1.165) is 17.0 Å². The van der Waals surface area contributed by atoms with Crippen LogP contribution in [-0.2, 0) is 16.1 Å². The Labute approximate surface area is 150 Å². The van der Waals surface area contributed by atoms with E-state index in [0.29, 0.717) is 24.7 Å². The lowest BCUT2D eigenvalue weighted by Gasteiger charge is -2.18. The number of nitrogens with zero attached hydrogens (tertiary/aromatic N) is 2. The summed E-state index contributed by atoms with van der Waals surface area (Å²) in [6, 6.07) is 7.28. The molecule has 0 spiro atoms. The third-order valence-electron chi connectivity index (χ3n) is 3.72. The predicted molar refractivity (Wildman–Crippen MR) is 94.5 cm³/mol. The van der Waals surface area contributed by atoms with Gasteiger partial charge in [0, 0.05) is 11.8 Å². The highest BCUT2D eigenvalue weighted by atomic mass is 16.6. The number of aromatic nitrogens is 2. The Hall–Kier alpha value is -3.29. The van der Waals surface area contributed by atoms with Crippen molar-refractivity contribution in [2.75, 3.05) is 13.2 Å². The number of nitrogens with one attached hydrogen (secondary N) is 2. The van der Waals surface area contributed by atoms with Crippen LogP contribution in [0.1, 0.15) is 17.0 Å². The summed E-state index contributed by atoms with van der Waals surface area (Å²) in [7, 11) is 0. The fourth-order valence-corrected chi connectivity index (χ4v) is 2.52. The van der Waals surface area contributed by atoms with Gasteiger partial charge in [0.2, 0.25) is 0 Å². The SMILES string of the molecule is Cc1cc(C)n(CC(=O)NNC(=O)/C=C/c2ccc3c(c2)OCCO3)n1. The number of rotatable bonds is 4. The zero-order valence-corrected chi connectivity index (χ0v) is 14.6. The quantitative estimate of drug-likeness (QED) is 0.633. The van der Waals surface area contributed by atoms with Crippen molar-refractivity contribution in [3.63, 3.8) is 0 Å². The van der Waals surface area contributed by atoms with Crippen molar-refractivity contribution in [1.29, 1.82) is 0 Å². The maximum Gasteiger partial charge on any atom is 0.262 e. The molecule has 26 heavy (non-hydrogen) atoms. The Morgan fingerprint density at radius 2 is 1.92 bits per heavy atom. The molecule has 8 heteroatoms. The van der Waals surface area contributed by atoms with Gasteiger partial charge in [-0.05, 0) is 43.7 Å². The van der Waals surface area contributed by atoms with Crippen LogP contribution in [-0.4, -0.2) is 34.8 Å². The lowest BCUT2D eigenvalue weighted by atomic mass is 10.2. The fraction of sp³-hybridized carbons (Fsp3) is 0.278. The zero-order chi connectivity index (χ0) is 18.5. The first-order chi connectivity index (χ1) is 12.5. The van der Waals surface area contributed by atoms with E-state index < -0.39 is 5.91 Å². The van der Waals surface area contributed by atoms with Crippen LogP contribution in [0.3, 0.4) is 0 Å². The van der Waals surface area contributed by atoms with Crippen LogP contribution in [0.5, 0.6) is 11.5 Å². The highest BCUT2D eigenvalue weighted by molar-refractivity contribution is 5.93. The molecule has 1 aliphatic heterocycles. The maximum absolute atomic E-state index is 11.9. The smallest absolute Gasteiger partial charge is 0.262 e. The van der Waals surface area contributed by atoms with Gasteiger partial charge in [-0.2, -0.15) is 5.10 Å². The van der Waals surface area contributed by atoms with Gasteiger partial charge in [0.1, 0.15) is 19.8 Å². The largest absolute Gasteiger partial charge is 0.486 e. The number of carbonyl (C=O) groups excluding carboxylic acids is 2. The molecule has 136 valence electrons. The Morgan fingerprint density at radius 3 is 2.65 bits per heavy atom. The van der Waals surface area contributed by atoms with E-state index in [1.165, 1.54) is 6.08 Å². The molecule has 2 N–H and O–H groups in total. The Morgan fingerprint density at radius 1 is 1.15 bits per heavy atom. The summed E-state index contributed by atoms with van der Waals surface area (Å²) in [5.74, 6) is 0.533. The molecule has 8 nitrogen and oxygen atoms in total. The molecule has 0 saturated heterocycles. The lowest BCUT2D eigenvalue weighted by molar-refractivity contribution is -0.127. The minimum Gasteiger partial charge on any atom is -0.486 e. The Balaban J connectivity index is 1.50. The second-order valence-electron chi connectivity index (χ2n) is 5.86. The predicted octanol–water partition coefficient (Wildman–Crippen LogP) is 1.13. The van der Waals surface area contributed by atoms with E-state index in [-0.39, 0.29) is 12.5 Å². The number of amides is 2. The van der Waals surface area contributed by atoms with Crippen LogP contribution in [0.2, 0.25) is 0 Å². The molecule has 3 rings (SSSR count). The fourth-order valence-electron chi connectivity index (χ4n) is 2.52. The van der Waals surface area contributed by atoms with Crippen LogP contribution in [0.25, 0.3) is 6.08 Å². The van der Waals surface area contributed by atoms with Crippen LogP contribution in [0.15, 0.2) is 30.3 Å². The van der Waals surface area contributed by atoms with Crippen molar-refractivity contribution >= 4 is 17.9 Å². The van der Waals surface area contributed by atoms with E-state index >= 15 is 0 Å². The van der Waals surface area contributed by atoms with Gasteiger partial charge in [0.05, 0.1) is 5.69 Å². The maximum atomic E-state index is 11.9. The highest BCUT2D eigenvalue weighted by Gasteiger charge is 2.11. The van der Waals surface area contributed by atoms with Crippen LogP contribution < -0.4 is 20.3 Å². The van der Waals surface area contributed by atoms with Crippen molar-refractivity contribution in [2.24, 2.45) is 0 Å². The summed E-state index contributed by atoms with van der Waals surface area (Å²) in [5.41, 5.74) is 7.20. The molecule has 0 aliphatic carbocycles. The van der Waals surface area contributed by atoms with E-state index in [9.17, 15) is 9.59 Å². The third kappa shape index (κ3) is 4.41. The Bertz CT molecular complexity index is 857. The molecule has 0 fully saturated rings. The monoisotopic (exact) mass is 356 g/mol. The van der Waals surface area contributed by atoms with Crippen LogP contribution in [0.4, 0.5) is 0 Å². The van der Waals surface area contributed by atoms with Crippen molar-refractivity contribution < 1.29 is 19.1 Å². The first-order valence-corrected chi connectivity index (χ1v) is 8.19. The lowest BCUT2D eigenvalue weighted by Crippen LogP contribution is -2.42. The van der Waals surface area contributed by atoms with Gasteiger partial charge in [-0.15, -0.1) is 0 Å².